The fourth-order valence-electron chi connectivity index (χ4n) is 2.90. The first-order valence-corrected chi connectivity index (χ1v) is 8.55. The molecule has 1 aliphatic rings. The fraction of sp³-hybridized carbons (Fsp3) is 0.312. The van der Waals surface area contributed by atoms with Gasteiger partial charge in [0, 0.05) is 12.6 Å². The monoisotopic (exact) mass is 492 g/mol. The molecule has 1 N–H and O–H groups in total. The number of amidine groups is 1. The summed E-state index contributed by atoms with van der Waals surface area (Å²) < 4.78 is 107. The van der Waals surface area contributed by atoms with E-state index in [1.165, 1.54) is 0 Å². The Morgan fingerprint density at radius 1 is 1.16 bits per heavy atom. The number of carbonyl (C=O) groups is 1. The van der Waals surface area contributed by atoms with Crippen molar-refractivity contribution in [1.82, 2.24) is 9.78 Å². The highest BCUT2D eigenvalue weighted by Gasteiger charge is 2.64. The Morgan fingerprint density at radius 3 is 2.31 bits per heavy atom. The van der Waals surface area contributed by atoms with Crippen LogP contribution in [0, 0.1) is 0 Å². The number of aromatic nitrogens is 2. The zero-order valence-corrected chi connectivity index (χ0v) is 16.1. The van der Waals surface area contributed by atoms with Crippen molar-refractivity contribution in [3.05, 3.63) is 45.6 Å². The van der Waals surface area contributed by atoms with Gasteiger partial charge in [-0.3, -0.25) is 9.58 Å². The molecule has 0 amide bonds. The molecule has 0 radical (unpaired) electrons. The second-order valence-electron chi connectivity index (χ2n) is 6.34. The molecular formula is C16H9ClF8N4O3. The van der Waals surface area contributed by atoms with E-state index in [4.69, 9.17) is 21.5 Å². The van der Waals surface area contributed by atoms with Gasteiger partial charge in [0.05, 0.1) is 10.6 Å². The van der Waals surface area contributed by atoms with Gasteiger partial charge in [-0.1, -0.05) is 16.8 Å². The SMILES string of the molecule is Cn1nc(C(F)(F)C(F)(F)F)c(C(F)(F)F)c1N1CON=C1c1ccc(Cl)c(C(=O)O)c1. The third-order valence-electron chi connectivity index (χ3n) is 4.26. The van der Waals surface area contributed by atoms with Crippen molar-refractivity contribution in [1.29, 1.82) is 0 Å². The minimum atomic E-state index is -6.36. The zero-order valence-electron chi connectivity index (χ0n) is 15.4. The van der Waals surface area contributed by atoms with Crippen molar-refractivity contribution >= 4 is 29.2 Å². The number of aromatic carboxylic acids is 1. The quantitative estimate of drug-likeness (QED) is 0.631. The molecule has 0 fully saturated rings. The van der Waals surface area contributed by atoms with E-state index in [0.29, 0.717) is 4.90 Å². The van der Waals surface area contributed by atoms with Crippen molar-refractivity contribution < 1.29 is 49.9 Å². The minimum absolute atomic E-state index is 0.164. The molecule has 0 saturated carbocycles. The highest BCUT2D eigenvalue weighted by molar-refractivity contribution is 6.33. The van der Waals surface area contributed by atoms with Gasteiger partial charge >= 0.3 is 24.2 Å². The molecule has 16 heteroatoms. The molecule has 2 aromatic rings. The lowest BCUT2D eigenvalue weighted by molar-refractivity contribution is -0.292. The average molecular weight is 493 g/mol. The van der Waals surface area contributed by atoms with Crippen LogP contribution in [0.1, 0.15) is 27.2 Å². The predicted octanol–water partition coefficient (Wildman–Crippen LogP) is 4.60. The summed E-state index contributed by atoms with van der Waals surface area (Å²) in [6.07, 6.45) is -12.0. The summed E-state index contributed by atoms with van der Waals surface area (Å²) in [6.45, 7) is -0.819. The molecule has 7 nitrogen and oxygen atoms in total. The van der Waals surface area contributed by atoms with Crippen LogP contribution in [0.25, 0.3) is 0 Å². The predicted molar refractivity (Wildman–Crippen MR) is 91.5 cm³/mol. The molecule has 174 valence electrons. The topological polar surface area (TPSA) is 80.0 Å². The van der Waals surface area contributed by atoms with Crippen molar-refractivity contribution in [3.63, 3.8) is 0 Å². The van der Waals surface area contributed by atoms with Crippen LogP contribution >= 0.6 is 11.6 Å². The lowest BCUT2D eigenvalue weighted by atomic mass is 10.1. The van der Waals surface area contributed by atoms with E-state index in [2.05, 4.69) is 10.3 Å². The first-order chi connectivity index (χ1) is 14.6. The number of aryl methyl sites for hydroxylation is 1. The van der Waals surface area contributed by atoms with Gasteiger partial charge in [-0.2, -0.15) is 40.2 Å². The summed E-state index contributed by atoms with van der Waals surface area (Å²) in [5.41, 5.74) is -5.54. The van der Waals surface area contributed by atoms with Crippen LogP contribution in [-0.4, -0.2) is 39.6 Å². The first kappa shape index (κ1) is 23.6. The van der Waals surface area contributed by atoms with Crippen LogP contribution in [0.5, 0.6) is 0 Å². The third kappa shape index (κ3) is 3.80. The number of carboxylic acid groups (broad SMARTS) is 1. The third-order valence-corrected chi connectivity index (χ3v) is 4.59. The molecular weight excluding hydrogens is 484 g/mol. The number of rotatable bonds is 4. The van der Waals surface area contributed by atoms with Gasteiger partial charge in [0.1, 0.15) is 11.4 Å². The first-order valence-electron chi connectivity index (χ1n) is 8.17. The zero-order chi connectivity index (χ0) is 24.2. The molecule has 0 atom stereocenters. The Morgan fingerprint density at radius 2 is 1.78 bits per heavy atom. The molecule has 1 aromatic carbocycles. The maximum atomic E-state index is 13.9. The number of hydrogen-bond acceptors (Lipinski definition) is 5. The summed E-state index contributed by atoms with van der Waals surface area (Å²) in [6, 6.07) is 3.14. The number of carboxylic acids is 1. The highest BCUT2D eigenvalue weighted by atomic mass is 35.5. The van der Waals surface area contributed by atoms with Gasteiger partial charge in [-0.25, -0.2) is 4.79 Å². The van der Waals surface area contributed by atoms with E-state index in [9.17, 15) is 39.9 Å². The molecule has 1 aliphatic heterocycles. The van der Waals surface area contributed by atoms with Crippen LogP contribution in [0.15, 0.2) is 23.4 Å². The van der Waals surface area contributed by atoms with E-state index < -0.39 is 59.4 Å². The molecule has 32 heavy (non-hydrogen) atoms. The average Bonchev–Trinajstić information content (AvgIpc) is 3.24. The largest absolute Gasteiger partial charge is 0.478 e. The molecule has 2 heterocycles. The van der Waals surface area contributed by atoms with E-state index in [1.54, 1.807) is 0 Å². The smallest absolute Gasteiger partial charge is 0.459 e. The van der Waals surface area contributed by atoms with Gasteiger partial charge in [0.2, 0.25) is 0 Å². The van der Waals surface area contributed by atoms with E-state index in [0.717, 1.165) is 25.2 Å². The standard InChI is InChI=1S/C16H9ClF8N4O3/c1-28-12(9(15(20,21)22)10(26-28)14(18,19)16(23,24)25)29-5-32-27-11(29)6-2-3-8(17)7(4-6)13(30)31/h2-4H,5H2,1H3,(H,30,31). The van der Waals surface area contributed by atoms with Crippen molar-refractivity contribution in [2.45, 2.75) is 18.3 Å². The van der Waals surface area contributed by atoms with Crippen molar-refractivity contribution in [3.8, 4) is 0 Å². The van der Waals surface area contributed by atoms with Crippen LogP contribution in [-0.2, 0) is 24.0 Å². The van der Waals surface area contributed by atoms with Crippen LogP contribution in [0.4, 0.5) is 40.9 Å². The fourth-order valence-corrected chi connectivity index (χ4v) is 3.09. The van der Waals surface area contributed by atoms with Gasteiger partial charge in [-0.05, 0) is 18.2 Å². The molecule has 3 rings (SSSR count). The van der Waals surface area contributed by atoms with E-state index in [-0.39, 0.29) is 15.3 Å². The minimum Gasteiger partial charge on any atom is -0.478 e. The van der Waals surface area contributed by atoms with Crippen LogP contribution in [0.2, 0.25) is 5.02 Å². The van der Waals surface area contributed by atoms with Gasteiger partial charge in [0.25, 0.3) is 0 Å². The number of hydrogen-bond donors (Lipinski definition) is 1. The van der Waals surface area contributed by atoms with Crippen LogP contribution < -0.4 is 4.90 Å². The van der Waals surface area contributed by atoms with Crippen LogP contribution in [0.3, 0.4) is 0 Å². The second kappa shape index (κ2) is 7.50. The number of benzene rings is 1. The highest BCUT2D eigenvalue weighted by Crippen LogP contribution is 2.50. The molecule has 0 bridgehead atoms. The maximum absolute atomic E-state index is 13.9. The summed E-state index contributed by atoms with van der Waals surface area (Å²) in [7, 11) is 0.723. The second-order valence-corrected chi connectivity index (χ2v) is 6.75. The van der Waals surface area contributed by atoms with E-state index >= 15 is 0 Å². The Bertz CT molecular complexity index is 1110. The number of anilines is 1. The molecule has 0 spiro atoms. The normalized spacial score (nSPS) is 15.1. The summed E-state index contributed by atoms with van der Waals surface area (Å²) >= 11 is 5.74. The summed E-state index contributed by atoms with van der Waals surface area (Å²) in [5, 5.41) is 15.2. The Balaban J connectivity index is 2.21. The maximum Gasteiger partial charge on any atom is 0.459 e. The number of oxime groups is 1. The molecule has 1 aromatic heterocycles. The Kier molecular flexibility index (Phi) is 5.52. The van der Waals surface area contributed by atoms with Gasteiger partial charge < -0.3 is 9.94 Å². The molecule has 0 aliphatic carbocycles. The Hall–Kier alpha value is -3.10. The number of nitrogens with zero attached hydrogens (tertiary/aromatic N) is 4. The van der Waals surface area contributed by atoms with Crippen molar-refractivity contribution in [2.75, 3.05) is 11.6 Å². The van der Waals surface area contributed by atoms with Crippen molar-refractivity contribution in [2.24, 2.45) is 12.2 Å². The molecule has 0 unspecified atom stereocenters. The lowest BCUT2D eigenvalue weighted by Gasteiger charge is -2.22. The van der Waals surface area contributed by atoms with E-state index in [1.807, 2.05) is 0 Å². The number of alkyl halides is 8. The van der Waals surface area contributed by atoms with Gasteiger partial charge in [0.15, 0.2) is 18.3 Å². The lowest BCUT2D eigenvalue weighted by Crippen LogP contribution is -2.36. The summed E-state index contributed by atoms with van der Waals surface area (Å²) in [4.78, 5) is 16.5. The van der Waals surface area contributed by atoms with Gasteiger partial charge in [-0.15, -0.1) is 0 Å². The molecule has 0 saturated heterocycles. The Labute approximate surface area is 177 Å². The summed E-state index contributed by atoms with van der Waals surface area (Å²) in [5.74, 6) is -9.15. The number of halogens is 9.